The molecular formula is C13H19N4OS+. The minimum atomic E-state index is -0.478. The van der Waals surface area contributed by atoms with E-state index in [1.54, 1.807) is 0 Å². The van der Waals surface area contributed by atoms with E-state index in [0.717, 1.165) is 35.3 Å². The van der Waals surface area contributed by atoms with Crippen LogP contribution in [0.15, 0.2) is 12.3 Å². The summed E-state index contributed by atoms with van der Waals surface area (Å²) in [5, 5.41) is 0.889. The molecule has 0 aliphatic carbocycles. The van der Waals surface area contributed by atoms with Gasteiger partial charge in [-0.3, -0.25) is 4.79 Å². The van der Waals surface area contributed by atoms with Gasteiger partial charge in [0, 0.05) is 19.7 Å². The fourth-order valence-corrected chi connectivity index (χ4v) is 3.06. The zero-order chi connectivity index (χ0) is 14.0. The monoisotopic (exact) mass is 279 g/mol. The number of primary amides is 1. The van der Waals surface area contributed by atoms with E-state index in [2.05, 4.69) is 16.8 Å². The number of carbonyl (C=O) groups excluding carboxylic acids is 1. The second-order valence-electron chi connectivity index (χ2n) is 4.55. The van der Waals surface area contributed by atoms with Crippen LogP contribution in [0, 0.1) is 0 Å². The van der Waals surface area contributed by atoms with Crippen LogP contribution in [-0.4, -0.2) is 19.5 Å². The maximum absolute atomic E-state index is 11.4. The maximum Gasteiger partial charge on any atom is 0.272 e. The Hall–Kier alpha value is -1.82. The highest BCUT2D eigenvalue weighted by Crippen LogP contribution is 2.36. The molecule has 0 aromatic carbocycles. The lowest BCUT2D eigenvalue weighted by atomic mass is 10.2. The zero-order valence-corrected chi connectivity index (χ0v) is 12.0. The standard InChI is InChI=1S/C13H18N4OS/c1-3-4-7-17(2)8-5-6-16-13-9(8)10(14)11(19-13)12(15)18/h5-6H,3-4,7,14H2,1-2H3,(H2,15,18)/p+1. The lowest BCUT2D eigenvalue weighted by Gasteiger charge is -2.18. The molecular weight excluding hydrogens is 260 g/mol. The minimum Gasteiger partial charge on any atom is -0.397 e. The molecule has 2 aromatic heterocycles. The number of H-pyrrole nitrogens is 1. The molecule has 2 heterocycles. The third kappa shape index (κ3) is 2.49. The van der Waals surface area contributed by atoms with Crippen molar-refractivity contribution in [1.29, 1.82) is 0 Å². The van der Waals surface area contributed by atoms with Crippen LogP contribution in [-0.2, 0) is 0 Å². The van der Waals surface area contributed by atoms with Crippen molar-refractivity contribution < 1.29 is 9.78 Å². The van der Waals surface area contributed by atoms with E-state index in [9.17, 15) is 4.79 Å². The van der Waals surface area contributed by atoms with Gasteiger partial charge in [0.25, 0.3) is 10.7 Å². The Balaban J connectivity index is 2.53. The van der Waals surface area contributed by atoms with Crippen molar-refractivity contribution in [2.75, 3.05) is 24.2 Å². The van der Waals surface area contributed by atoms with Crippen molar-refractivity contribution in [3.05, 3.63) is 17.1 Å². The average Bonchev–Trinajstić information content (AvgIpc) is 2.73. The number of pyridine rings is 1. The predicted octanol–water partition coefficient (Wildman–Crippen LogP) is 1.63. The van der Waals surface area contributed by atoms with E-state index >= 15 is 0 Å². The number of nitrogens with two attached hydrogens (primary N) is 2. The second-order valence-corrected chi connectivity index (χ2v) is 5.57. The number of rotatable bonds is 5. The number of amides is 1. The van der Waals surface area contributed by atoms with Crippen LogP contribution < -0.4 is 21.4 Å². The smallest absolute Gasteiger partial charge is 0.272 e. The van der Waals surface area contributed by atoms with Gasteiger partial charge in [0.15, 0.2) is 6.20 Å². The van der Waals surface area contributed by atoms with Crippen LogP contribution >= 0.6 is 11.3 Å². The Morgan fingerprint density at radius 2 is 2.26 bits per heavy atom. The maximum atomic E-state index is 11.4. The number of aromatic nitrogens is 1. The van der Waals surface area contributed by atoms with E-state index in [0.29, 0.717) is 10.6 Å². The highest BCUT2D eigenvalue weighted by atomic mass is 32.1. The van der Waals surface area contributed by atoms with Crippen molar-refractivity contribution in [2.24, 2.45) is 5.73 Å². The van der Waals surface area contributed by atoms with Crippen LogP contribution in [0.4, 0.5) is 11.4 Å². The van der Waals surface area contributed by atoms with Crippen molar-refractivity contribution in [3.63, 3.8) is 0 Å². The molecule has 0 atom stereocenters. The van der Waals surface area contributed by atoms with Gasteiger partial charge >= 0.3 is 0 Å². The number of aromatic amines is 1. The molecule has 6 heteroatoms. The van der Waals surface area contributed by atoms with E-state index in [4.69, 9.17) is 11.5 Å². The first kappa shape index (κ1) is 13.6. The molecule has 5 nitrogen and oxygen atoms in total. The van der Waals surface area contributed by atoms with Gasteiger partial charge in [0.2, 0.25) is 0 Å². The van der Waals surface area contributed by atoms with Gasteiger partial charge < -0.3 is 16.4 Å². The van der Waals surface area contributed by atoms with E-state index < -0.39 is 5.91 Å². The Bertz CT molecular complexity index is 608. The lowest BCUT2D eigenvalue weighted by molar-refractivity contribution is -0.341. The van der Waals surface area contributed by atoms with Gasteiger partial charge in [0.05, 0.1) is 11.4 Å². The molecule has 0 aliphatic heterocycles. The molecule has 0 spiro atoms. The minimum absolute atomic E-state index is 0.419. The van der Waals surface area contributed by atoms with Gasteiger partial charge in [-0.25, -0.2) is 4.98 Å². The number of nitrogen functional groups attached to an aromatic ring is 1. The summed E-state index contributed by atoms with van der Waals surface area (Å²) < 4.78 is 0. The Labute approximate surface area is 116 Å². The molecule has 0 bridgehead atoms. The molecule has 0 fully saturated rings. The van der Waals surface area contributed by atoms with Crippen molar-refractivity contribution in [2.45, 2.75) is 19.8 Å². The Kier molecular flexibility index (Phi) is 3.90. The number of hydrogen-bond acceptors (Lipinski definition) is 4. The molecule has 5 N–H and O–H groups in total. The predicted molar refractivity (Wildman–Crippen MR) is 79.5 cm³/mol. The van der Waals surface area contributed by atoms with Gasteiger partial charge in [-0.2, -0.15) is 0 Å². The van der Waals surface area contributed by atoms with Crippen LogP contribution in [0.25, 0.3) is 10.2 Å². The fraction of sp³-hybridized carbons (Fsp3) is 0.385. The number of thiophene rings is 1. The SMILES string of the molecule is CCCCN(C)c1cc[nH+]c2sc(C(N)=O)c(N)c12. The van der Waals surface area contributed by atoms with Crippen LogP contribution in [0.1, 0.15) is 29.4 Å². The first-order valence-corrected chi connectivity index (χ1v) is 7.11. The summed E-state index contributed by atoms with van der Waals surface area (Å²) in [7, 11) is 2.03. The average molecular weight is 279 g/mol. The van der Waals surface area contributed by atoms with E-state index in [-0.39, 0.29) is 0 Å². The second kappa shape index (κ2) is 5.44. The van der Waals surface area contributed by atoms with E-state index in [1.165, 1.54) is 11.3 Å². The number of nitrogens with one attached hydrogen (secondary N) is 1. The van der Waals surface area contributed by atoms with Crippen molar-refractivity contribution in [1.82, 2.24) is 0 Å². The molecule has 0 saturated carbocycles. The van der Waals surface area contributed by atoms with Crippen molar-refractivity contribution in [3.8, 4) is 0 Å². The molecule has 0 unspecified atom stereocenters. The fourth-order valence-electron chi connectivity index (χ4n) is 2.10. The molecule has 0 aliphatic rings. The number of carbonyl (C=O) groups is 1. The normalized spacial score (nSPS) is 10.8. The van der Waals surface area contributed by atoms with Crippen LogP contribution in [0.5, 0.6) is 0 Å². The van der Waals surface area contributed by atoms with Crippen molar-refractivity contribution >= 4 is 38.8 Å². The topological polar surface area (TPSA) is 86.5 Å². The zero-order valence-electron chi connectivity index (χ0n) is 11.2. The van der Waals surface area contributed by atoms with Gasteiger partial charge in [-0.15, -0.1) is 0 Å². The molecule has 2 aromatic rings. The largest absolute Gasteiger partial charge is 0.397 e. The molecule has 2 rings (SSSR count). The van der Waals surface area contributed by atoms with Crippen LogP contribution in [0.2, 0.25) is 0 Å². The van der Waals surface area contributed by atoms with E-state index in [1.807, 2.05) is 19.3 Å². The summed E-state index contributed by atoms with van der Waals surface area (Å²) >= 11 is 1.31. The summed E-state index contributed by atoms with van der Waals surface area (Å²) in [5.74, 6) is -0.478. The highest BCUT2D eigenvalue weighted by Gasteiger charge is 2.22. The third-order valence-electron chi connectivity index (χ3n) is 3.14. The third-order valence-corrected chi connectivity index (χ3v) is 4.29. The summed E-state index contributed by atoms with van der Waals surface area (Å²) in [6.07, 6.45) is 4.11. The summed E-state index contributed by atoms with van der Waals surface area (Å²) in [6, 6.07) is 1.98. The molecule has 102 valence electrons. The summed E-state index contributed by atoms with van der Waals surface area (Å²) in [4.78, 5) is 18.0. The summed E-state index contributed by atoms with van der Waals surface area (Å²) in [6.45, 7) is 3.11. The Morgan fingerprint density at radius 3 is 2.89 bits per heavy atom. The van der Waals surface area contributed by atoms with Gasteiger partial charge in [-0.05, 0) is 6.42 Å². The highest BCUT2D eigenvalue weighted by molar-refractivity contribution is 7.20. The van der Waals surface area contributed by atoms with Gasteiger partial charge in [-0.1, -0.05) is 24.7 Å². The summed E-state index contributed by atoms with van der Waals surface area (Å²) in [5.41, 5.74) is 12.9. The number of hydrogen-bond donors (Lipinski definition) is 2. The number of nitrogens with zero attached hydrogens (tertiary/aromatic N) is 1. The first-order valence-electron chi connectivity index (χ1n) is 6.29. The lowest BCUT2D eigenvalue weighted by Crippen LogP contribution is -2.19. The first-order chi connectivity index (χ1) is 9.06. The van der Waals surface area contributed by atoms with Gasteiger partial charge in [0.1, 0.15) is 10.3 Å². The molecule has 1 amide bonds. The Morgan fingerprint density at radius 1 is 1.53 bits per heavy atom. The number of anilines is 2. The number of unbranched alkanes of at least 4 members (excludes halogenated alkanes) is 1. The molecule has 19 heavy (non-hydrogen) atoms. The quantitative estimate of drug-likeness (QED) is 0.872. The molecule has 0 radical (unpaired) electrons. The molecule has 0 saturated heterocycles. The number of fused-ring (bicyclic) bond motifs is 1. The van der Waals surface area contributed by atoms with Crippen LogP contribution in [0.3, 0.4) is 0 Å².